The van der Waals surface area contributed by atoms with Crippen LogP contribution in [-0.4, -0.2) is 38.3 Å². The molecule has 0 aliphatic rings. The van der Waals surface area contributed by atoms with Gasteiger partial charge in [-0.15, -0.1) is 11.3 Å². The number of methoxy groups -OCH3 is 1. The molecule has 17 heavy (non-hydrogen) atoms. The summed E-state index contributed by atoms with van der Waals surface area (Å²) in [5.74, 6) is 0. The fraction of sp³-hybridized carbons (Fsp3) is 0.667. The predicted molar refractivity (Wildman–Crippen MR) is 77.4 cm³/mol. The molecule has 1 unspecified atom stereocenters. The minimum Gasteiger partial charge on any atom is -0.383 e. The first kappa shape index (κ1) is 15.1. The van der Waals surface area contributed by atoms with Gasteiger partial charge >= 0.3 is 0 Å². The van der Waals surface area contributed by atoms with Gasteiger partial charge in [-0.3, -0.25) is 4.90 Å². The van der Waals surface area contributed by atoms with Crippen molar-refractivity contribution < 1.29 is 4.74 Å². The number of nitrogens with two attached hydrogens (primary N) is 1. The molecule has 0 aliphatic carbocycles. The quantitative estimate of drug-likeness (QED) is 0.800. The van der Waals surface area contributed by atoms with Crippen molar-refractivity contribution in [2.75, 3.05) is 27.3 Å². The number of ether oxygens (including phenoxy) is 1. The van der Waals surface area contributed by atoms with Crippen LogP contribution in [0.25, 0.3) is 0 Å². The van der Waals surface area contributed by atoms with Gasteiger partial charge in [-0.25, -0.2) is 0 Å². The van der Waals surface area contributed by atoms with Crippen LogP contribution in [0.1, 0.15) is 17.7 Å². The molecule has 0 radical (unpaired) electrons. The molecule has 0 fully saturated rings. The van der Waals surface area contributed by atoms with Crippen molar-refractivity contribution in [3.63, 3.8) is 0 Å². The monoisotopic (exact) mass is 320 g/mol. The standard InChI is InChI=1S/C12H21BrN2OS/c1-15(7-12-6-10(13)9-17-12)11(8-16-2)4-3-5-14/h6,9,11H,3-5,7-8,14H2,1-2H3. The molecule has 0 bridgehead atoms. The van der Waals surface area contributed by atoms with E-state index in [0.29, 0.717) is 6.04 Å². The number of likely N-dealkylation sites (N-methyl/N-ethyl adjacent to an activating group) is 1. The Morgan fingerprint density at radius 2 is 2.35 bits per heavy atom. The van der Waals surface area contributed by atoms with Gasteiger partial charge in [0.25, 0.3) is 0 Å². The summed E-state index contributed by atoms with van der Waals surface area (Å²) in [5, 5.41) is 2.12. The number of halogens is 1. The van der Waals surface area contributed by atoms with E-state index < -0.39 is 0 Å². The lowest BCUT2D eigenvalue weighted by Crippen LogP contribution is -2.35. The maximum atomic E-state index is 5.57. The summed E-state index contributed by atoms with van der Waals surface area (Å²) in [5.41, 5.74) is 5.57. The zero-order valence-electron chi connectivity index (χ0n) is 10.5. The molecule has 0 aliphatic heterocycles. The van der Waals surface area contributed by atoms with E-state index in [1.807, 2.05) is 0 Å². The fourth-order valence-corrected chi connectivity index (χ4v) is 3.30. The molecule has 98 valence electrons. The molecule has 1 aromatic rings. The zero-order chi connectivity index (χ0) is 12.7. The van der Waals surface area contributed by atoms with Gasteiger partial charge in [-0.1, -0.05) is 0 Å². The van der Waals surface area contributed by atoms with E-state index in [4.69, 9.17) is 10.5 Å². The summed E-state index contributed by atoms with van der Waals surface area (Å²) < 4.78 is 6.44. The van der Waals surface area contributed by atoms with Crippen LogP contribution in [-0.2, 0) is 11.3 Å². The highest BCUT2D eigenvalue weighted by Crippen LogP contribution is 2.22. The highest BCUT2D eigenvalue weighted by Gasteiger charge is 2.15. The Labute approximate surface area is 116 Å². The maximum Gasteiger partial charge on any atom is 0.0618 e. The summed E-state index contributed by atoms with van der Waals surface area (Å²) >= 11 is 5.27. The molecule has 3 nitrogen and oxygen atoms in total. The van der Waals surface area contributed by atoms with E-state index >= 15 is 0 Å². The van der Waals surface area contributed by atoms with Gasteiger partial charge in [0.1, 0.15) is 0 Å². The highest BCUT2D eigenvalue weighted by molar-refractivity contribution is 9.10. The Bertz CT molecular complexity index is 319. The molecule has 1 aromatic heterocycles. The van der Waals surface area contributed by atoms with Crippen molar-refractivity contribution in [2.24, 2.45) is 5.73 Å². The predicted octanol–water partition coefficient (Wildman–Crippen LogP) is 2.70. The minimum atomic E-state index is 0.449. The van der Waals surface area contributed by atoms with Gasteiger partial charge in [-0.2, -0.15) is 0 Å². The van der Waals surface area contributed by atoms with Crippen molar-refractivity contribution in [3.05, 3.63) is 20.8 Å². The number of nitrogens with zero attached hydrogens (tertiary/aromatic N) is 1. The molecule has 5 heteroatoms. The van der Waals surface area contributed by atoms with Gasteiger partial charge < -0.3 is 10.5 Å². The summed E-state index contributed by atoms with van der Waals surface area (Å²) in [6.07, 6.45) is 2.14. The van der Waals surface area contributed by atoms with Crippen LogP contribution in [0, 0.1) is 0 Å². The largest absolute Gasteiger partial charge is 0.383 e. The topological polar surface area (TPSA) is 38.5 Å². The minimum absolute atomic E-state index is 0.449. The normalized spacial score (nSPS) is 13.2. The van der Waals surface area contributed by atoms with E-state index in [9.17, 15) is 0 Å². The number of rotatable bonds is 8. The van der Waals surface area contributed by atoms with Crippen molar-refractivity contribution in [2.45, 2.75) is 25.4 Å². The van der Waals surface area contributed by atoms with Crippen molar-refractivity contribution >= 4 is 27.3 Å². The van der Waals surface area contributed by atoms with Crippen LogP contribution in [0.5, 0.6) is 0 Å². The lowest BCUT2D eigenvalue weighted by Gasteiger charge is -2.27. The molecule has 0 saturated heterocycles. The average Bonchev–Trinajstić information content (AvgIpc) is 2.70. The Balaban J connectivity index is 2.48. The first-order chi connectivity index (χ1) is 8.17. The van der Waals surface area contributed by atoms with Crippen LogP contribution in [0.3, 0.4) is 0 Å². The second-order valence-electron chi connectivity index (χ2n) is 4.19. The van der Waals surface area contributed by atoms with E-state index in [0.717, 1.165) is 37.0 Å². The van der Waals surface area contributed by atoms with E-state index in [1.165, 1.54) is 4.88 Å². The van der Waals surface area contributed by atoms with Crippen LogP contribution in [0.2, 0.25) is 0 Å². The van der Waals surface area contributed by atoms with Gasteiger partial charge in [-0.05, 0) is 48.4 Å². The maximum absolute atomic E-state index is 5.57. The fourth-order valence-electron chi connectivity index (χ4n) is 1.79. The third-order valence-electron chi connectivity index (χ3n) is 2.75. The molecule has 1 heterocycles. The lowest BCUT2D eigenvalue weighted by molar-refractivity contribution is 0.0968. The third-order valence-corrected chi connectivity index (χ3v) is 4.43. The van der Waals surface area contributed by atoms with Crippen LogP contribution in [0.15, 0.2) is 15.9 Å². The number of hydrogen-bond acceptors (Lipinski definition) is 4. The molecule has 0 aromatic carbocycles. The SMILES string of the molecule is COCC(CCCN)N(C)Cc1cc(Br)cs1. The summed E-state index contributed by atoms with van der Waals surface area (Å²) in [6.45, 7) is 2.48. The van der Waals surface area contributed by atoms with Crippen LogP contribution in [0.4, 0.5) is 0 Å². The summed E-state index contributed by atoms with van der Waals surface area (Å²) in [7, 11) is 3.90. The second-order valence-corrected chi connectivity index (χ2v) is 6.10. The Hall–Kier alpha value is 0.0600. The first-order valence-electron chi connectivity index (χ1n) is 5.79. The van der Waals surface area contributed by atoms with Crippen LogP contribution >= 0.6 is 27.3 Å². The lowest BCUT2D eigenvalue weighted by atomic mass is 10.1. The van der Waals surface area contributed by atoms with E-state index in [1.54, 1.807) is 18.4 Å². The van der Waals surface area contributed by atoms with Crippen LogP contribution < -0.4 is 5.73 Å². The van der Waals surface area contributed by atoms with Gasteiger partial charge in [0.05, 0.1) is 6.61 Å². The summed E-state index contributed by atoms with van der Waals surface area (Å²) in [6, 6.07) is 2.62. The van der Waals surface area contributed by atoms with E-state index in [2.05, 4.69) is 39.3 Å². The molecule has 0 amide bonds. The van der Waals surface area contributed by atoms with Gasteiger partial charge in [0.15, 0.2) is 0 Å². The molecular weight excluding hydrogens is 300 g/mol. The smallest absolute Gasteiger partial charge is 0.0618 e. The molecule has 1 atom stereocenters. The molecule has 1 rings (SSSR count). The van der Waals surface area contributed by atoms with Gasteiger partial charge in [0, 0.05) is 34.4 Å². The molecule has 0 saturated carbocycles. The highest BCUT2D eigenvalue weighted by atomic mass is 79.9. The zero-order valence-corrected chi connectivity index (χ0v) is 12.9. The number of hydrogen-bond donors (Lipinski definition) is 1. The van der Waals surface area contributed by atoms with Gasteiger partial charge in [0.2, 0.25) is 0 Å². The third kappa shape index (κ3) is 5.48. The second kappa shape index (κ2) is 8.21. The molecule has 2 N–H and O–H groups in total. The van der Waals surface area contributed by atoms with Crippen molar-refractivity contribution in [1.82, 2.24) is 4.90 Å². The van der Waals surface area contributed by atoms with Crippen molar-refractivity contribution in [1.29, 1.82) is 0 Å². The Kier molecular flexibility index (Phi) is 7.30. The average molecular weight is 321 g/mol. The Morgan fingerprint density at radius 3 is 2.88 bits per heavy atom. The van der Waals surface area contributed by atoms with Crippen molar-refractivity contribution in [3.8, 4) is 0 Å². The number of thiophene rings is 1. The molecular formula is C12H21BrN2OS. The first-order valence-corrected chi connectivity index (χ1v) is 7.46. The Morgan fingerprint density at radius 1 is 1.59 bits per heavy atom. The molecule has 0 spiro atoms. The summed E-state index contributed by atoms with van der Waals surface area (Å²) in [4.78, 5) is 3.71. The van der Waals surface area contributed by atoms with E-state index in [-0.39, 0.29) is 0 Å².